The Balaban J connectivity index is 1.94. The number of nitrogens with one attached hydrogen (secondary N) is 1. The third-order valence-electron chi connectivity index (χ3n) is 2.48. The SMILES string of the molecule is O=C(NN1CCCCC1)c1ccoc1Br. The molecule has 1 aliphatic heterocycles. The van der Waals surface area contributed by atoms with Gasteiger partial charge < -0.3 is 4.42 Å². The molecule has 1 aromatic heterocycles. The third kappa shape index (κ3) is 2.60. The van der Waals surface area contributed by atoms with Gasteiger partial charge in [0.1, 0.15) is 0 Å². The first-order valence-electron chi connectivity index (χ1n) is 5.06. The Morgan fingerprint density at radius 1 is 1.40 bits per heavy atom. The highest BCUT2D eigenvalue weighted by atomic mass is 79.9. The van der Waals surface area contributed by atoms with Crippen LogP contribution in [0.4, 0.5) is 0 Å². The van der Waals surface area contributed by atoms with Gasteiger partial charge in [-0.2, -0.15) is 0 Å². The van der Waals surface area contributed by atoms with Crippen LogP contribution >= 0.6 is 15.9 Å². The van der Waals surface area contributed by atoms with Crippen molar-refractivity contribution < 1.29 is 9.21 Å². The molecular formula is C10H13BrN2O2. The van der Waals surface area contributed by atoms with Gasteiger partial charge in [0.05, 0.1) is 11.8 Å². The van der Waals surface area contributed by atoms with Crippen molar-refractivity contribution in [1.82, 2.24) is 10.4 Å². The number of carbonyl (C=O) groups excluding carboxylic acids is 1. The first kappa shape index (κ1) is 10.7. The maximum Gasteiger partial charge on any atom is 0.270 e. The van der Waals surface area contributed by atoms with Crippen molar-refractivity contribution in [2.24, 2.45) is 0 Å². The molecule has 0 spiro atoms. The Kier molecular flexibility index (Phi) is 3.43. The van der Waals surface area contributed by atoms with Crippen LogP contribution in [0, 0.1) is 0 Å². The lowest BCUT2D eigenvalue weighted by molar-refractivity contribution is 0.0748. The lowest BCUT2D eigenvalue weighted by Gasteiger charge is -2.26. The summed E-state index contributed by atoms with van der Waals surface area (Å²) in [5.41, 5.74) is 3.41. The van der Waals surface area contributed by atoms with Crippen molar-refractivity contribution in [1.29, 1.82) is 0 Å². The minimum Gasteiger partial charge on any atom is -0.457 e. The molecule has 0 saturated carbocycles. The Morgan fingerprint density at radius 2 is 2.13 bits per heavy atom. The second-order valence-corrected chi connectivity index (χ2v) is 4.32. The fourth-order valence-corrected chi connectivity index (χ4v) is 2.09. The van der Waals surface area contributed by atoms with E-state index in [0.717, 1.165) is 25.9 Å². The van der Waals surface area contributed by atoms with Crippen LogP contribution in [-0.4, -0.2) is 24.0 Å². The van der Waals surface area contributed by atoms with E-state index < -0.39 is 0 Å². The van der Waals surface area contributed by atoms with E-state index in [1.54, 1.807) is 6.07 Å². The second kappa shape index (κ2) is 4.81. The number of furan rings is 1. The zero-order chi connectivity index (χ0) is 10.7. The van der Waals surface area contributed by atoms with Gasteiger partial charge in [0.25, 0.3) is 5.91 Å². The Hall–Kier alpha value is -0.810. The highest BCUT2D eigenvalue weighted by Gasteiger charge is 2.17. The van der Waals surface area contributed by atoms with E-state index in [2.05, 4.69) is 21.4 Å². The number of rotatable bonds is 2. The highest BCUT2D eigenvalue weighted by molar-refractivity contribution is 9.10. The third-order valence-corrected chi connectivity index (χ3v) is 3.09. The zero-order valence-electron chi connectivity index (χ0n) is 8.33. The molecular weight excluding hydrogens is 260 g/mol. The predicted molar refractivity (Wildman–Crippen MR) is 59.3 cm³/mol. The van der Waals surface area contributed by atoms with E-state index in [9.17, 15) is 4.79 Å². The van der Waals surface area contributed by atoms with Crippen molar-refractivity contribution in [2.45, 2.75) is 19.3 Å². The topological polar surface area (TPSA) is 45.5 Å². The monoisotopic (exact) mass is 272 g/mol. The number of carbonyl (C=O) groups is 1. The quantitative estimate of drug-likeness (QED) is 0.898. The molecule has 4 nitrogen and oxygen atoms in total. The lowest BCUT2D eigenvalue weighted by atomic mass is 10.2. The average Bonchev–Trinajstić information content (AvgIpc) is 2.66. The molecule has 0 unspecified atom stereocenters. The molecule has 1 aliphatic rings. The van der Waals surface area contributed by atoms with Crippen LogP contribution in [0.15, 0.2) is 21.4 Å². The van der Waals surface area contributed by atoms with Gasteiger partial charge in [-0.15, -0.1) is 0 Å². The van der Waals surface area contributed by atoms with Crippen molar-refractivity contribution in [2.75, 3.05) is 13.1 Å². The summed E-state index contributed by atoms with van der Waals surface area (Å²) < 4.78 is 5.50. The molecule has 2 heterocycles. The molecule has 1 N–H and O–H groups in total. The molecule has 1 fully saturated rings. The van der Waals surface area contributed by atoms with Gasteiger partial charge in [0, 0.05) is 13.1 Å². The van der Waals surface area contributed by atoms with E-state index in [1.807, 2.05) is 5.01 Å². The Bertz CT molecular complexity index is 345. The Morgan fingerprint density at radius 3 is 2.73 bits per heavy atom. The summed E-state index contributed by atoms with van der Waals surface area (Å²) in [5.74, 6) is -0.113. The number of nitrogens with zero attached hydrogens (tertiary/aromatic N) is 1. The van der Waals surface area contributed by atoms with Crippen LogP contribution in [0.3, 0.4) is 0 Å². The first-order chi connectivity index (χ1) is 7.27. The van der Waals surface area contributed by atoms with Crippen molar-refractivity contribution in [3.05, 3.63) is 22.6 Å². The molecule has 1 amide bonds. The van der Waals surface area contributed by atoms with Crippen molar-refractivity contribution in [3.63, 3.8) is 0 Å². The minimum atomic E-state index is -0.113. The summed E-state index contributed by atoms with van der Waals surface area (Å²) in [5, 5.41) is 1.96. The number of amides is 1. The van der Waals surface area contributed by atoms with Crippen LogP contribution in [0.25, 0.3) is 0 Å². The van der Waals surface area contributed by atoms with Crippen LogP contribution in [0.1, 0.15) is 29.6 Å². The Labute approximate surface area is 96.7 Å². The number of hydrazine groups is 1. The van der Waals surface area contributed by atoms with Gasteiger partial charge in [-0.05, 0) is 34.8 Å². The molecule has 1 saturated heterocycles. The van der Waals surface area contributed by atoms with Crippen LogP contribution in [-0.2, 0) is 0 Å². The molecule has 0 atom stereocenters. The van der Waals surface area contributed by atoms with Gasteiger partial charge in [-0.1, -0.05) is 6.42 Å². The van der Waals surface area contributed by atoms with Gasteiger partial charge in [0.15, 0.2) is 4.67 Å². The van der Waals surface area contributed by atoms with E-state index in [-0.39, 0.29) is 5.91 Å². The molecule has 2 rings (SSSR count). The summed E-state index contributed by atoms with van der Waals surface area (Å²) in [4.78, 5) is 11.8. The van der Waals surface area contributed by atoms with Gasteiger partial charge in [0.2, 0.25) is 0 Å². The zero-order valence-corrected chi connectivity index (χ0v) is 9.92. The fraction of sp³-hybridized carbons (Fsp3) is 0.500. The summed E-state index contributed by atoms with van der Waals surface area (Å²) in [6, 6.07) is 1.66. The maximum atomic E-state index is 11.8. The van der Waals surface area contributed by atoms with Crippen LogP contribution < -0.4 is 5.43 Å². The molecule has 5 heteroatoms. The van der Waals surface area contributed by atoms with Gasteiger partial charge in [-0.3, -0.25) is 10.2 Å². The molecule has 1 aromatic rings. The predicted octanol–water partition coefficient (Wildman–Crippen LogP) is 2.17. The summed E-state index contributed by atoms with van der Waals surface area (Å²) in [6.07, 6.45) is 5.04. The fourth-order valence-electron chi connectivity index (χ4n) is 1.67. The minimum absolute atomic E-state index is 0.113. The van der Waals surface area contributed by atoms with Crippen LogP contribution in [0.5, 0.6) is 0 Å². The summed E-state index contributed by atoms with van der Waals surface area (Å²) in [6.45, 7) is 1.86. The molecule has 15 heavy (non-hydrogen) atoms. The number of halogens is 1. The maximum absolute atomic E-state index is 11.8. The molecule has 0 aromatic carbocycles. The number of hydrogen-bond donors (Lipinski definition) is 1. The standard InChI is InChI=1S/C10H13BrN2O2/c11-9-8(4-7-15-9)10(14)12-13-5-2-1-3-6-13/h4,7H,1-3,5-6H2,(H,12,14). The van der Waals surface area contributed by atoms with Crippen molar-refractivity contribution in [3.8, 4) is 0 Å². The van der Waals surface area contributed by atoms with E-state index >= 15 is 0 Å². The van der Waals surface area contributed by atoms with Gasteiger partial charge in [-0.25, -0.2) is 5.01 Å². The first-order valence-corrected chi connectivity index (χ1v) is 5.85. The molecule has 82 valence electrons. The summed E-state index contributed by atoms with van der Waals surface area (Å²) in [7, 11) is 0. The molecule has 0 bridgehead atoms. The molecule has 0 radical (unpaired) electrons. The van der Waals surface area contributed by atoms with Crippen LogP contribution in [0.2, 0.25) is 0 Å². The highest BCUT2D eigenvalue weighted by Crippen LogP contribution is 2.17. The summed E-state index contributed by atoms with van der Waals surface area (Å²) >= 11 is 3.19. The molecule has 0 aliphatic carbocycles. The van der Waals surface area contributed by atoms with E-state index in [0.29, 0.717) is 10.2 Å². The number of hydrogen-bond acceptors (Lipinski definition) is 3. The van der Waals surface area contributed by atoms with E-state index in [1.165, 1.54) is 12.7 Å². The number of piperidine rings is 1. The average molecular weight is 273 g/mol. The normalized spacial score (nSPS) is 17.7. The van der Waals surface area contributed by atoms with E-state index in [4.69, 9.17) is 4.42 Å². The van der Waals surface area contributed by atoms with Crippen molar-refractivity contribution >= 4 is 21.8 Å². The largest absolute Gasteiger partial charge is 0.457 e. The smallest absolute Gasteiger partial charge is 0.270 e. The second-order valence-electron chi connectivity index (χ2n) is 3.60. The lowest BCUT2D eigenvalue weighted by Crippen LogP contribution is -2.45. The van der Waals surface area contributed by atoms with Gasteiger partial charge >= 0.3 is 0 Å².